The highest BCUT2D eigenvalue weighted by molar-refractivity contribution is 6.03. The van der Waals surface area contributed by atoms with Gasteiger partial charge in [-0.1, -0.05) is 60.7 Å². The first kappa shape index (κ1) is 30.7. The van der Waals surface area contributed by atoms with Gasteiger partial charge in [0.2, 0.25) is 17.7 Å². The standard InChI is InChI=1S/C35H43N3O5/c1-4-21-36(25-26-15-9-6-10-16-26)33(42)30-35-20-19-34(3,43-35)28(29(35)32(41)38(30)23-13-8-14-24-39)31(40)37(22-5-2)27-17-11-7-12-18-27/h4-7,9-12,15-18,28-30,39H,1-2,8,13-14,19-25H2,3H3/t28-,29+,30?,34+,35?/m1/s1. The largest absolute Gasteiger partial charge is 0.396 e. The molecule has 2 aromatic rings. The molecule has 0 radical (unpaired) electrons. The zero-order chi connectivity index (χ0) is 30.6. The Morgan fingerprint density at radius 3 is 2.30 bits per heavy atom. The molecule has 3 fully saturated rings. The lowest BCUT2D eigenvalue weighted by Gasteiger charge is -2.37. The zero-order valence-electron chi connectivity index (χ0n) is 25.1. The number of ether oxygens (including phenoxy) is 1. The van der Waals surface area contributed by atoms with Gasteiger partial charge in [-0.15, -0.1) is 13.2 Å². The number of carbonyl (C=O) groups is 3. The molecule has 2 aromatic carbocycles. The van der Waals surface area contributed by atoms with Crippen LogP contribution in [-0.2, 0) is 25.7 Å². The third-order valence-electron chi connectivity index (χ3n) is 9.36. The highest BCUT2D eigenvalue weighted by Gasteiger charge is 2.78. The number of nitrogens with zero attached hydrogens (tertiary/aromatic N) is 3. The molecule has 3 aliphatic heterocycles. The molecule has 5 atom stereocenters. The van der Waals surface area contributed by atoms with Crippen LogP contribution in [0.15, 0.2) is 86.0 Å². The van der Waals surface area contributed by atoms with Crippen molar-refractivity contribution in [3.8, 4) is 0 Å². The average Bonchev–Trinajstić information content (AvgIpc) is 3.58. The summed E-state index contributed by atoms with van der Waals surface area (Å²) in [5, 5.41) is 9.33. The number of carbonyl (C=O) groups excluding carboxylic acids is 3. The molecule has 2 unspecified atom stereocenters. The first-order chi connectivity index (χ1) is 20.8. The number of unbranched alkanes of at least 4 members (excludes halogenated alkanes) is 2. The van der Waals surface area contributed by atoms with Crippen LogP contribution in [0.5, 0.6) is 0 Å². The zero-order valence-corrected chi connectivity index (χ0v) is 25.1. The SMILES string of the molecule is C=CCN(Cc1ccccc1)C(=O)C1N(CCCCCO)C(=O)[C@@H]2[C@H](C(=O)N(CC=C)c3ccccc3)[C@]3(C)CCC12O3. The first-order valence-corrected chi connectivity index (χ1v) is 15.3. The minimum Gasteiger partial charge on any atom is -0.396 e. The predicted octanol–water partition coefficient (Wildman–Crippen LogP) is 4.35. The van der Waals surface area contributed by atoms with Gasteiger partial charge in [0.15, 0.2) is 0 Å². The predicted molar refractivity (Wildman–Crippen MR) is 166 cm³/mol. The van der Waals surface area contributed by atoms with Crippen LogP contribution >= 0.6 is 0 Å². The van der Waals surface area contributed by atoms with E-state index in [4.69, 9.17) is 4.74 Å². The molecule has 228 valence electrons. The van der Waals surface area contributed by atoms with E-state index in [0.717, 1.165) is 17.7 Å². The van der Waals surface area contributed by atoms with E-state index >= 15 is 0 Å². The molecule has 0 aliphatic carbocycles. The molecule has 0 saturated carbocycles. The maximum absolute atomic E-state index is 14.6. The lowest BCUT2D eigenvalue weighted by molar-refractivity contribution is -0.151. The fraction of sp³-hybridized carbons (Fsp3) is 0.457. The monoisotopic (exact) mass is 585 g/mol. The molecule has 5 rings (SSSR count). The van der Waals surface area contributed by atoms with E-state index in [-0.39, 0.29) is 24.3 Å². The number of hydrogen-bond donors (Lipinski definition) is 1. The fourth-order valence-electron chi connectivity index (χ4n) is 7.48. The second-order valence-corrected chi connectivity index (χ2v) is 12.1. The summed E-state index contributed by atoms with van der Waals surface area (Å²) in [7, 11) is 0. The van der Waals surface area contributed by atoms with Gasteiger partial charge in [-0.3, -0.25) is 14.4 Å². The quantitative estimate of drug-likeness (QED) is 0.263. The van der Waals surface area contributed by atoms with Gasteiger partial charge in [0.1, 0.15) is 11.6 Å². The van der Waals surface area contributed by atoms with Crippen LogP contribution in [-0.4, -0.2) is 76.1 Å². The van der Waals surface area contributed by atoms with Gasteiger partial charge < -0.3 is 24.5 Å². The molecule has 3 amide bonds. The average molecular weight is 586 g/mol. The number of aliphatic hydroxyl groups excluding tert-OH is 1. The number of para-hydroxylation sites is 1. The number of rotatable bonds is 14. The lowest BCUT2D eigenvalue weighted by atomic mass is 9.66. The van der Waals surface area contributed by atoms with Crippen LogP contribution in [0.4, 0.5) is 5.69 Å². The molecule has 8 heteroatoms. The first-order valence-electron chi connectivity index (χ1n) is 15.3. The number of anilines is 1. The highest BCUT2D eigenvalue weighted by Crippen LogP contribution is 2.63. The summed E-state index contributed by atoms with van der Waals surface area (Å²) >= 11 is 0. The van der Waals surface area contributed by atoms with Crippen molar-refractivity contribution >= 4 is 23.4 Å². The number of likely N-dealkylation sites (tertiary alicyclic amines) is 1. The van der Waals surface area contributed by atoms with E-state index in [1.807, 2.05) is 67.6 Å². The minimum absolute atomic E-state index is 0.0731. The van der Waals surface area contributed by atoms with Crippen molar-refractivity contribution in [1.29, 1.82) is 0 Å². The van der Waals surface area contributed by atoms with Crippen LogP contribution in [0, 0.1) is 11.8 Å². The van der Waals surface area contributed by atoms with Gasteiger partial charge >= 0.3 is 0 Å². The van der Waals surface area contributed by atoms with Crippen LogP contribution in [0.25, 0.3) is 0 Å². The van der Waals surface area contributed by atoms with Crippen molar-refractivity contribution in [3.63, 3.8) is 0 Å². The van der Waals surface area contributed by atoms with Gasteiger partial charge in [-0.05, 0) is 56.7 Å². The number of benzene rings is 2. The second-order valence-electron chi connectivity index (χ2n) is 12.1. The Morgan fingerprint density at radius 1 is 0.977 bits per heavy atom. The summed E-state index contributed by atoms with van der Waals surface area (Å²) in [4.78, 5) is 48.6. The Balaban J connectivity index is 1.53. The van der Waals surface area contributed by atoms with Crippen molar-refractivity contribution < 1.29 is 24.2 Å². The molecule has 1 spiro atoms. The summed E-state index contributed by atoms with van der Waals surface area (Å²) in [5.74, 6) is -2.09. The van der Waals surface area contributed by atoms with E-state index in [2.05, 4.69) is 13.2 Å². The van der Waals surface area contributed by atoms with Crippen LogP contribution in [0.2, 0.25) is 0 Å². The van der Waals surface area contributed by atoms with E-state index in [9.17, 15) is 19.5 Å². The number of hydrogen-bond acceptors (Lipinski definition) is 5. The summed E-state index contributed by atoms with van der Waals surface area (Å²) in [6, 6.07) is 18.3. The minimum atomic E-state index is -1.10. The van der Waals surface area contributed by atoms with E-state index < -0.39 is 29.1 Å². The molecule has 0 aromatic heterocycles. The second kappa shape index (κ2) is 12.9. The maximum Gasteiger partial charge on any atom is 0.248 e. The van der Waals surface area contributed by atoms with Crippen molar-refractivity contribution in [1.82, 2.24) is 9.80 Å². The van der Waals surface area contributed by atoms with Crippen molar-refractivity contribution in [2.45, 2.75) is 62.8 Å². The lowest BCUT2D eigenvalue weighted by Crippen LogP contribution is -2.56. The number of fused-ring (bicyclic) bond motifs is 1. The van der Waals surface area contributed by atoms with Crippen LogP contribution in [0.3, 0.4) is 0 Å². The Kier molecular flexibility index (Phi) is 9.18. The molecule has 3 aliphatic rings. The third kappa shape index (κ3) is 5.54. The fourth-order valence-corrected chi connectivity index (χ4v) is 7.48. The molecular weight excluding hydrogens is 542 g/mol. The summed E-state index contributed by atoms with van der Waals surface area (Å²) in [6.07, 6.45) is 6.47. The molecule has 2 bridgehead atoms. The van der Waals surface area contributed by atoms with Crippen LogP contribution < -0.4 is 4.90 Å². The van der Waals surface area contributed by atoms with Gasteiger partial charge in [0.25, 0.3) is 0 Å². The molecule has 3 heterocycles. The summed E-state index contributed by atoms with van der Waals surface area (Å²) < 4.78 is 6.86. The Bertz CT molecular complexity index is 1330. The number of amides is 3. The molecule has 3 saturated heterocycles. The smallest absolute Gasteiger partial charge is 0.248 e. The summed E-state index contributed by atoms with van der Waals surface area (Å²) in [5.41, 5.74) is -0.278. The Morgan fingerprint density at radius 2 is 1.65 bits per heavy atom. The summed E-state index contributed by atoms with van der Waals surface area (Å²) in [6.45, 7) is 11.1. The van der Waals surface area contributed by atoms with Crippen LogP contribution in [0.1, 0.15) is 44.6 Å². The van der Waals surface area contributed by atoms with Gasteiger partial charge in [-0.25, -0.2) is 0 Å². The van der Waals surface area contributed by atoms with Crippen molar-refractivity contribution in [3.05, 3.63) is 91.5 Å². The Hall–Kier alpha value is -3.75. The maximum atomic E-state index is 14.6. The van der Waals surface area contributed by atoms with E-state index in [1.165, 1.54) is 0 Å². The van der Waals surface area contributed by atoms with E-state index in [1.54, 1.807) is 26.9 Å². The third-order valence-corrected chi connectivity index (χ3v) is 9.36. The van der Waals surface area contributed by atoms with E-state index in [0.29, 0.717) is 51.9 Å². The van der Waals surface area contributed by atoms with Gasteiger partial charge in [0.05, 0.1) is 17.4 Å². The topological polar surface area (TPSA) is 90.4 Å². The Labute approximate surface area is 254 Å². The van der Waals surface area contributed by atoms with Crippen molar-refractivity contribution in [2.75, 3.05) is 31.1 Å². The van der Waals surface area contributed by atoms with Gasteiger partial charge in [0, 0.05) is 38.5 Å². The van der Waals surface area contributed by atoms with Gasteiger partial charge in [-0.2, -0.15) is 0 Å². The normalized spacial score (nSPS) is 27.2. The highest BCUT2D eigenvalue weighted by atomic mass is 16.5. The molecule has 43 heavy (non-hydrogen) atoms. The molecule has 8 nitrogen and oxygen atoms in total. The number of aliphatic hydroxyl groups is 1. The molecular formula is C35H43N3O5. The van der Waals surface area contributed by atoms with Crippen molar-refractivity contribution in [2.24, 2.45) is 11.8 Å². The molecule has 1 N–H and O–H groups in total.